The van der Waals surface area contributed by atoms with Gasteiger partial charge in [0.2, 0.25) is 0 Å². The SMILES string of the molecule is CCOC(=O)c1[nH]c(=O)n(-c2cn(Cc3cccc(CN)c3)c3ccccc23)c1-c1csc2ccccc12. The van der Waals surface area contributed by atoms with E-state index >= 15 is 0 Å². The maximum absolute atomic E-state index is 13.6. The minimum atomic E-state index is -0.559. The van der Waals surface area contributed by atoms with Crippen LogP contribution in [-0.4, -0.2) is 26.7 Å². The van der Waals surface area contributed by atoms with Crippen molar-refractivity contribution in [3.8, 4) is 16.9 Å². The molecule has 0 fully saturated rings. The Balaban J connectivity index is 1.60. The summed E-state index contributed by atoms with van der Waals surface area (Å²) in [7, 11) is 0. The zero-order valence-electron chi connectivity index (χ0n) is 20.8. The number of benzene rings is 3. The van der Waals surface area contributed by atoms with E-state index in [0.717, 1.165) is 37.7 Å². The van der Waals surface area contributed by atoms with E-state index in [1.807, 2.05) is 72.2 Å². The van der Waals surface area contributed by atoms with Crippen molar-refractivity contribution in [2.24, 2.45) is 5.73 Å². The molecule has 0 amide bonds. The summed E-state index contributed by atoms with van der Waals surface area (Å²) in [4.78, 5) is 29.4. The lowest BCUT2D eigenvalue weighted by atomic mass is 10.1. The van der Waals surface area contributed by atoms with E-state index in [2.05, 4.69) is 21.7 Å². The lowest BCUT2D eigenvalue weighted by molar-refractivity contribution is 0.0521. The Labute approximate surface area is 222 Å². The smallest absolute Gasteiger partial charge is 0.357 e. The molecule has 8 heteroatoms. The van der Waals surface area contributed by atoms with Crippen molar-refractivity contribution in [1.29, 1.82) is 0 Å². The fraction of sp³-hybridized carbons (Fsp3) is 0.133. The third-order valence-electron chi connectivity index (χ3n) is 6.70. The van der Waals surface area contributed by atoms with Gasteiger partial charge < -0.3 is 15.0 Å². The fourth-order valence-corrected chi connectivity index (χ4v) is 5.97. The van der Waals surface area contributed by atoms with Gasteiger partial charge in [-0.3, -0.25) is 9.55 Å². The van der Waals surface area contributed by atoms with Crippen LogP contribution < -0.4 is 11.4 Å². The van der Waals surface area contributed by atoms with E-state index in [0.29, 0.717) is 24.5 Å². The number of nitrogens with one attached hydrogen (secondary N) is 1. The van der Waals surface area contributed by atoms with Crippen LogP contribution in [0.1, 0.15) is 28.5 Å². The van der Waals surface area contributed by atoms with Crippen molar-refractivity contribution < 1.29 is 9.53 Å². The van der Waals surface area contributed by atoms with Gasteiger partial charge in [-0.1, -0.05) is 60.7 Å². The molecule has 0 aliphatic carbocycles. The molecule has 6 rings (SSSR count). The molecule has 0 bridgehead atoms. The van der Waals surface area contributed by atoms with Crippen molar-refractivity contribution in [3.05, 3.63) is 112 Å². The van der Waals surface area contributed by atoms with Crippen LogP contribution >= 0.6 is 11.3 Å². The second kappa shape index (κ2) is 9.81. The number of esters is 1. The quantitative estimate of drug-likeness (QED) is 0.264. The van der Waals surface area contributed by atoms with Crippen molar-refractivity contribution in [2.45, 2.75) is 20.0 Å². The number of hydrogen-bond donors (Lipinski definition) is 2. The number of hydrogen-bond acceptors (Lipinski definition) is 5. The summed E-state index contributed by atoms with van der Waals surface area (Å²) >= 11 is 1.57. The summed E-state index contributed by atoms with van der Waals surface area (Å²) < 4.78 is 10.1. The Bertz CT molecular complexity index is 1860. The van der Waals surface area contributed by atoms with Crippen molar-refractivity contribution >= 4 is 38.3 Å². The van der Waals surface area contributed by atoms with E-state index in [9.17, 15) is 9.59 Å². The number of aromatic nitrogens is 3. The molecule has 3 aromatic carbocycles. The van der Waals surface area contributed by atoms with Gasteiger partial charge in [-0.2, -0.15) is 0 Å². The van der Waals surface area contributed by atoms with Crippen LogP contribution in [-0.2, 0) is 17.8 Å². The highest BCUT2D eigenvalue weighted by Crippen LogP contribution is 2.37. The van der Waals surface area contributed by atoms with Crippen LogP contribution in [0, 0.1) is 0 Å². The maximum atomic E-state index is 13.6. The summed E-state index contributed by atoms with van der Waals surface area (Å²) in [6.07, 6.45) is 1.97. The van der Waals surface area contributed by atoms with Crippen LogP contribution in [0.15, 0.2) is 89.2 Å². The first kappa shape index (κ1) is 24.0. The minimum absolute atomic E-state index is 0.146. The van der Waals surface area contributed by atoms with Gasteiger partial charge in [0, 0.05) is 45.7 Å². The molecule has 0 atom stereocenters. The number of rotatable bonds is 7. The number of fused-ring (bicyclic) bond motifs is 2. The lowest BCUT2D eigenvalue weighted by Crippen LogP contribution is -2.15. The monoisotopic (exact) mass is 522 g/mol. The van der Waals surface area contributed by atoms with E-state index in [4.69, 9.17) is 10.5 Å². The summed E-state index contributed by atoms with van der Waals surface area (Å²) in [5, 5.41) is 3.86. The number of carbonyl (C=O) groups is 1. The second-order valence-electron chi connectivity index (χ2n) is 9.04. The molecule has 0 saturated heterocycles. The number of aromatic amines is 1. The second-order valence-corrected chi connectivity index (χ2v) is 9.95. The number of para-hydroxylation sites is 1. The zero-order valence-corrected chi connectivity index (χ0v) is 21.6. The molecule has 0 saturated carbocycles. The van der Waals surface area contributed by atoms with Crippen LogP contribution in [0.25, 0.3) is 37.9 Å². The van der Waals surface area contributed by atoms with Crippen LogP contribution in [0.4, 0.5) is 0 Å². The first-order valence-corrected chi connectivity index (χ1v) is 13.3. The number of nitrogens with two attached hydrogens (primary N) is 1. The molecule has 0 unspecified atom stereocenters. The molecular formula is C30H26N4O3S. The maximum Gasteiger partial charge on any atom is 0.357 e. The van der Waals surface area contributed by atoms with Gasteiger partial charge in [-0.15, -0.1) is 11.3 Å². The molecule has 6 aromatic rings. The topological polar surface area (TPSA) is 95.0 Å². The van der Waals surface area contributed by atoms with Crippen molar-refractivity contribution in [1.82, 2.24) is 14.1 Å². The van der Waals surface area contributed by atoms with E-state index in [1.165, 1.54) is 0 Å². The lowest BCUT2D eigenvalue weighted by Gasteiger charge is -2.09. The average molecular weight is 523 g/mol. The Kier molecular flexibility index (Phi) is 6.19. The van der Waals surface area contributed by atoms with Gasteiger partial charge in [-0.05, 0) is 30.2 Å². The van der Waals surface area contributed by atoms with Crippen LogP contribution in [0.3, 0.4) is 0 Å². The molecule has 0 spiro atoms. The van der Waals surface area contributed by atoms with Gasteiger partial charge in [0.25, 0.3) is 0 Å². The number of ether oxygens (including phenoxy) is 1. The largest absolute Gasteiger partial charge is 0.461 e. The van der Waals surface area contributed by atoms with E-state index < -0.39 is 11.7 Å². The van der Waals surface area contributed by atoms with E-state index in [1.54, 1.807) is 22.8 Å². The van der Waals surface area contributed by atoms with Crippen LogP contribution in [0.5, 0.6) is 0 Å². The van der Waals surface area contributed by atoms with Gasteiger partial charge in [0.15, 0.2) is 5.69 Å². The van der Waals surface area contributed by atoms with Gasteiger partial charge in [-0.25, -0.2) is 9.59 Å². The molecule has 0 aliphatic rings. The van der Waals surface area contributed by atoms with Crippen LogP contribution in [0.2, 0.25) is 0 Å². The molecule has 0 radical (unpaired) electrons. The summed E-state index contributed by atoms with van der Waals surface area (Å²) in [6.45, 7) is 3.03. The normalized spacial score (nSPS) is 11.4. The molecule has 3 heterocycles. The fourth-order valence-electron chi connectivity index (χ4n) is 5.02. The van der Waals surface area contributed by atoms with Crippen molar-refractivity contribution in [3.63, 3.8) is 0 Å². The Hall–Kier alpha value is -4.40. The number of H-pyrrole nitrogens is 1. The zero-order chi connectivity index (χ0) is 26.2. The molecule has 190 valence electrons. The number of thiophene rings is 1. The molecule has 0 aliphatic heterocycles. The molecule has 3 N–H and O–H groups in total. The van der Waals surface area contributed by atoms with Gasteiger partial charge in [0.1, 0.15) is 0 Å². The van der Waals surface area contributed by atoms with Gasteiger partial charge in [0.05, 0.1) is 23.5 Å². The highest BCUT2D eigenvalue weighted by Gasteiger charge is 2.27. The summed E-state index contributed by atoms with van der Waals surface area (Å²) in [5.41, 5.74) is 10.8. The first-order chi connectivity index (χ1) is 18.6. The summed E-state index contributed by atoms with van der Waals surface area (Å²) in [6, 6.07) is 24.1. The number of carbonyl (C=O) groups excluding carboxylic acids is 1. The summed E-state index contributed by atoms with van der Waals surface area (Å²) in [5.74, 6) is -0.559. The highest BCUT2D eigenvalue weighted by atomic mass is 32.1. The minimum Gasteiger partial charge on any atom is -0.461 e. The molecule has 7 nitrogen and oxygen atoms in total. The molecule has 38 heavy (non-hydrogen) atoms. The standard InChI is InChI=1S/C30H26N4O3S/c1-2-37-29(35)27-28(23-18-38-26-13-6-4-10-21(23)26)34(30(36)32-27)25-17-33(24-12-5-3-11-22(24)25)16-20-9-7-8-19(14-20)15-31/h3-14,17-18H,2,15-16,31H2,1H3,(H,32,36). The first-order valence-electron chi connectivity index (χ1n) is 12.4. The number of imidazole rings is 1. The highest BCUT2D eigenvalue weighted by molar-refractivity contribution is 7.17. The Morgan fingerprint density at radius 2 is 1.76 bits per heavy atom. The third-order valence-corrected chi connectivity index (χ3v) is 7.66. The van der Waals surface area contributed by atoms with E-state index in [-0.39, 0.29) is 12.3 Å². The third kappa shape index (κ3) is 4.04. The Morgan fingerprint density at radius 3 is 2.58 bits per heavy atom. The average Bonchev–Trinajstić information content (AvgIpc) is 3.62. The number of nitrogens with zero attached hydrogens (tertiary/aromatic N) is 2. The predicted octanol–water partition coefficient (Wildman–Crippen LogP) is 5.69. The Morgan fingerprint density at radius 1 is 1.00 bits per heavy atom. The predicted molar refractivity (Wildman–Crippen MR) is 152 cm³/mol. The van der Waals surface area contributed by atoms with Gasteiger partial charge >= 0.3 is 11.7 Å². The molecule has 3 aromatic heterocycles. The van der Waals surface area contributed by atoms with Crippen molar-refractivity contribution in [2.75, 3.05) is 6.61 Å². The molecular weight excluding hydrogens is 496 g/mol.